The van der Waals surface area contributed by atoms with Crippen molar-refractivity contribution >= 4 is 44.5 Å². The van der Waals surface area contributed by atoms with Crippen LogP contribution in [0.25, 0.3) is 0 Å². The monoisotopic (exact) mass is 482 g/mol. The molecule has 0 radical (unpaired) electrons. The molecule has 0 aliphatic rings. The number of benzene rings is 1. The van der Waals surface area contributed by atoms with Crippen LogP contribution in [0.3, 0.4) is 0 Å². The van der Waals surface area contributed by atoms with Crippen LogP contribution in [0.2, 0.25) is 0 Å². The van der Waals surface area contributed by atoms with Gasteiger partial charge in [-0.2, -0.15) is 0 Å². The van der Waals surface area contributed by atoms with E-state index in [1.807, 2.05) is 6.92 Å². The molecule has 0 N–H and O–H groups in total. The van der Waals surface area contributed by atoms with Gasteiger partial charge in [0.1, 0.15) is 4.83 Å². The third-order valence-corrected chi connectivity index (χ3v) is 5.72. The van der Waals surface area contributed by atoms with Gasteiger partial charge in [-0.1, -0.05) is 35.7 Å². The number of hydrogen-bond donors (Lipinski definition) is 0. The molecule has 126 valence electrons. The molecule has 0 aliphatic heterocycles. The van der Waals surface area contributed by atoms with E-state index in [4.69, 9.17) is 4.74 Å². The summed E-state index contributed by atoms with van der Waals surface area (Å²) in [4.78, 5) is 10.9. The zero-order valence-corrected chi connectivity index (χ0v) is 18.3. The SMILES string of the molecule is CCCCC(Br)C(=O)OCC.Cc1cc(I)c(C)c(C)c1C. The summed E-state index contributed by atoms with van der Waals surface area (Å²) in [5.74, 6) is -0.138. The summed E-state index contributed by atoms with van der Waals surface area (Å²) in [6, 6.07) is 2.25. The highest BCUT2D eigenvalue weighted by Gasteiger charge is 2.14. The summed E-state index contributed by atoms with van der Waals surface area (Å²) in [7, 11) is 0. The van der Waals surface area contributed by atoms with E-state index in [2.05, 4.69) is 79.2 Å². The lowest BCUT2D eigenvalue weighted by Crippen LogP contribution is -2.16. The third-order valence-electron chi connectivity index (χ3n) is 3.77. The number of esters is 1. The van der Waals surface area contributed by atoms with Gasteiger partial charge in [-0.05, 0) is 92.0 Å². The molecule has 22 heavy (non-hydrogen) atoms. The highest BCUT2D eigenvalue weighted by atomic mass is 127. The maximum Gasteiger partial charge on any atom is 0.319 e. The molecule has 0 bridgehead atoms. The lowest BCUT2D eigenvalue weighted by atomic mass is 10.0. The van der Waals surface area contributed by atoms with E-state index in [0.29, 0.717) is 6.61 Å². The van der Waals surface area contributed by atoms with E-state index >= 15 is 0 Å². The second-order valence-electron chi connectivity index (χ2n) is 5.41. The van der Waals surface area contributed by atoms with E-state index in [1.54, 1.807) is 0 Å². The van der Waals surface area contributed by atoms with Crippen molar-refractivity contribution in [1.82, 2.24) is 0 Å². The first-order chi connectivity index (χ1) is 10.3. The summed E-state index contributed by atoms with van der Waals surface area (Å²) in [6.45, 7) is 13.1. The minimum atomic E-state index is -0.138. The van der Waals surface area contributed by atoms with Crippen molar-refractivity contribution in [3.63, 3.8) is 0 Å². The fourth-order valence-corrected chi connectivity index (χ4v) is 3.22. The summed E-state index contributed by atoms with van der Waals surface area (Å²) in [6.07, 6.45) is 3.05. The molecule has 0 heterocycles. The van der Waals surface area contributed by atoms with Crippen molar-refractivity contribution in [3.05, 3.63) is 31.9 Å². The smallest absolute Gasteiger partial charge is 0.319 e. The first-order valence-corrected chi connectivity index (χ1v) is 9.79. The Bertz CT molecular complexity index is 460. The molecule has 1 rings (SSSR count). The molecule has 1 atom stereocenters. The number of ether oxygens (including phenoxy) is 1. The Labute approximate surface area is 157 Å². The predicted octanol–water partition coefficient (Wildman–Crippen LogP) is 6.03. The number of aryl methyl sites for hydroxylation is 1. The molecule has 1 aromatic carbocycles. The van der Waals surface area contributed by atoms with Gasteiger partial charge in [-0.25, -0.2) is 0 Å². The maximum atomic E-state index is 11.0. The van der Waals surface area contributed by atoms with Crippen LogP contribution >= 0.6 is 38.5 Å². The summed E-state index contributed by atoms with van der Waals surface area (Å²) < 4.78 is 6.19. The average Bonchev–Trinajstić information content (AvgIpc) is 2.49. The Kier molecular flexibility index (Phi) is 11.4. The number of alkyl halides is 1. The number of rotatable bonds is 5. The molecule has 0 amide bonds. The standard InChI is InChI=1S/C10H13I.C8H15BrO2/c1-6-5-10(11)9(4)8(3)7(6)2;1-3-5-6-7(9)8(10)11-4-2/h5H,1-4H3;7H,3-6H2,1-2H3. The first kappa shape index (κ1) is 21.9. The Morgan fingerprint density at radius 2 is 1.77 bits per heavy atom. The van der Waals surface area contributed by atoms with E-state index in [0.717, 1.165) is 19.3 Å². The van der Waals surface area contributed by atoms with E-state index in [-0.39, 0.29) is 10.8 Å². The number of hydrogen-bond acceptors (Lipinski definition) is 2. The van der Waals surface area contributed by atoms with Gasteiger partial charge in [0, 0.05) is 3.57 Å². The minimum absolute atomic E-state index is 0.109. The van der Waals surface area contributed by atoms with Crippen molar-refractivity contribution in [1.29, 1.82) is 0 Å². The summed E-state index contributed by atoms with van der Waals surface area (Å²) in [5, 5.41) is 0. The molecular formula is C18H28BrIO2. The van der Waals surface area contributed by atoms with Crippen LogP contribution < -0.4 is 0 Å². The fourth-order valence-electron chi connectivity index (χ4n) is 1.90. The van der Waals surface area contributed by atoms with Gasteiger partial charge >= 0.3 is 5.97 Å². The zero-order chi connectivity index (χ0) is 17.3. The Morgan fingerprint density at radius 1 is 1.18 bits per heavy atom. The molecule has 0 aliphatic carbocycles. The van der Waals surface area contributed by atoms with Gasteiger partial charge < -0.3 is 4.74 Å². The lowest BCUT2D eigenvalue weighted by molar-refractivity contribution is -0.142. The molecule has 1 unspecified atom stereocenters. The number of carbonyl (C=O) groups is 1. The Morgan fingerprint density at radius 3 is 2.27 bits per heavy atom. The van der Waals surface area contributed by atoms with Crippen LogP contribution in [-0.4, -0.2) is 17.4 Å². The van der Waals surface area contributed by atoms with Crippen molar-refractivity contribution in [2.45, 2.75) is 65.6 Å². The molecule has 2 nitrogen and oxygen atoms in total. The largest absolute Gasteiger partial charge is 0.465 e. The highest BCUT2D eigenvalue weighted by molar-refractivity contribution is 14.1. The Hall–Kier alpha value is -0.100. The van der Waals surface area contributed by atoms with Crippen LogP contribution in [0.15, 0.2) is 6.07 Å². The molecule has 0 saturated carbocycles. The number of unbranched alkanes of at least 4 members (excludes halogenated alkanes) is 1. The second-order valence-corrected chi connectivity index (χ2v) is 7.68. The van der Waals surface area contributed by atoms with Crippen molar-refractivity contribution in [2.75, 3.05) is 6.61 Å². The van der Waals surface area contributed by atoms with Gasteiger partial charge in [-0.15, -0.1) is 0 Å². The molecule has 1 aromatic rings. The normalized spacial score (nSPS) is 11.5. The molecule has 0 aromatic heterocycles. The second kappa shape index (κ2) is 11.4. The average molecular weight is 483 g/mol. The topological polar surface area (TPSA) is 26.3 Å². The van der Waals surface area contributed by atoms with E-state index in [1.165, 1.54) is 25.8 Å². The van der Waals surface area contributed by atoms with Crippen LogP contribution in [0.4, 0.5) is 0 Å². The third kappa shape index (κ3) is 7.44. The van der Waals surface area contributed by atoms with Crippen LogP contribution in [0.5, 0.6) is 0 Å². The van der Waals surface area contributed by atoms with Gasteiger partial charge in [0.15, 0.2) is 0 Å². The van der Waals surface area contributed by atoms with Crippen molar-refractivity contribution < 1.29 is 9.53 Å². The summed E-state index contributed by atoms with van der Waals surface area (Å²) in [5.41, 5.74) is 5.70. The van der Waals surface area contributed by atoms with Gasteiger partial charge in [-0.3, -0.25) is 4.79 Å². The number of carbonyl (C=O) groups excluding carboxylic acids is 1. The van der Waals surface area contributed by atoms with Crippen molar-refractivity contribution in [2.24, 2.45) is 0 Å². The highest BCUT2D eigenvalue weighted by Crippen LogP contribution is 2.21. The van der Waals surface area contributed by atoms with Gasteiger partial charge in [0.25, 0.3) is 0 Å². The number of halogens is 2. The first-order valence-electron chi connectivity index (χ1n) is 7.79. The van der Waals surface area contributed by atoms with Crippen LogP contribution in [0, 0.1) is 31.3 Å². The zero-order valence-electron chi connectivity index (χ0n) is 14.6. The molecule has 4 heteroatoms. The Balaban J connectivity index is 0.000000401. The fraction of sp³-hybridized carbons (Fsp3) is 0.611. The van der Waals surface area contributed by atoms with Crippen molar-refractivity contribution in [3.8, 4) is 0 Å². The van der Waals surface area contributed by atoms with Gasteiger partial charge in [0.05, 0.1) is 6.61 Å². The minimum Gasteiger partial charge on any atom is -0.465 e. The summed E-state index contributed by atoms with van der Waals surface area (Å²) >= 11 is 5.66. The molecule has 0 saturated heterocycles. The maximum absolute atomic E-state index is 11.0. The predicted molar refractivity (Wildman–Crippen MR) is 107 cm³/mol. The van der Waals surface area contributed by atoms with Gasteiger partial charge in [0.2, 0.25) is 0 Å². The quantitative estimate of drug-likeness (QED) is 0.291. The van der Waals surface area contributed by atoms with Crippen LogP contribution in [-0.2, 0) is 9.53 Å². The molecule has 0 fully saturated rings. The molecular weight excluding hydrogens is 455 g/mol. The van der Waals surface area contributed by atoms with Crippen LogP contribution in [0.1, 0.15) is 55.4 Å². The van der Waals surface area contributed by atoms with E-state index in [9.17, 15) is 4.79 Å². The molecule has 0 spiro atoms. The van der Waals surface area contributed by atoms with E-state index < -0.39 is 0 Å². The lowest BCUT2D eigenvalue weighted by Gasteiger charge is -2.09.